The van der Waals surface area contributed by atoms with Gasteiger partial charge in [-0.3, -0.25) is 14.5 Å². The highest BCUT2D eigenvalue weighted by molar-refractivity contribution is 7.19. The molecule has 10 heteroatoms. The van der Waals surface area contributed by atoms with Crippen LogP contribution in [0.4, 0.5) is 0 Å². The normalized spacial score (nSPS) is 14.4. The van der Waals surface area contributed by atoms with E-state index in [1.165, 1.54) is 21.9 Å². The fourth-order valence-electron chi connectivity index (χ4n) is 3.82. The molecule has 0 atom stereocenters. The van der Waals surface area contributed by atoms with Gasteiger partial charge in [-0.1, -0.05) is 59.3 Å². The third-order valence-corrected chi connectivity index (χ3v) is 6.89. The molecule has 0 N–H and O–H groups in total. The molecule has 1 aliphatic heterocycles. The van der Waals surface area contributed by atoms with Crippen molar-refractivity contribution in [3.63, 3.8) is 0 Å². The summed E-state index contributed by atoms with van der Waals surface area (Å²) in [4.78, 5) is 34.3. The highest BCUT2D eigenvalue weighted by Crippen LogP contribution is 2.30. The lowest BCUT2D eigenvalue weighted by Gasteiger charge is -2.34. The van der Waals surface area contributed by atoms with Gasteiger partial charge in [-0.15, -0.1) is 0 Å². The quantitative estimate of drug-likeness (QED) is 0.408. The second-order valence-corrected chi connectivity index (χ2v) is 9.29. The monoisotopic (exact) mass is 495 g/mol. The van der Waals surface area contributed by atoms with Crippen LogP contribution in [0.5, 0.6) is 5.75 Å². The molecule has 174 valence electrons. The van der Waals surface area contributed by atoms with Crippen molar-refractivity contribution >= 4 is 33.8 Å². The van der Waals surface area contributed by atoms with Crippen molar-refractivity contribution in [3.8, 4) is 16.3 Å². The van der Waals surface area contributed by atoms with E-state index in [1.54, 1.807) is 6.07 Å². The molecule has 3 heterocycles. The first-order chi connectivity index (χ1) is 16.6. The van der Waals surface area contributed by atoms with Gasteiger partial charge in [0, 0.05) is 44.4 Å². The molecule has 0 unspecified atom stereocenters. The Morgan fingerprint density at radius 1 is 1.03 bits per heavy atom. The summed E-state index contributed by atoms with van der Waals surface area (Å²) < 4.78 is 6.89. The van der Waals surface area contributed by atoms with E-state index in [1.807, 2.05) is 53.4 Å². The topological polar surface area (TPSA) is 80.0 Å². The fourth-order valence-corrected chi connectivity index (χ4v) is 5.06. The molecule has 34 heavy (non-hydrogen) atoms. The number of carbonyl (C=O) groups excluding carboxylic acids is 1. The smallest absolute Gasteiger partial charge is 0.275 e. The number of rotatable bonds is 6. The Labute approximate surface area is 205 Å². The molecule has 0 spiro atoms. The van der Waals surface area contributed by atoms with E-state index in [0.717, 1.165) is 5.56 Å². The van der Waals surface area contributed by atoms with E-state index < -0.39 is 0 Å². The Kier molecular flexibility index (Phi) is 6.57. The molecule has 1 saturated heterocycles. The average Bonchev–Trinajstić information content (AvgIpc) is 3.28. The Balaban J connectivity index is 1.21. The number of halogens is 1. The van der Waals surface area contributed by atoms with Crippen LogP contribution in [-0.4, -0.2) is 63.1 Å². The molecule has 0 radical (unpaired) electrons. The first kappa shape index (κ1) is 22.5. The molecular formula is C24H22ClN5O3S. The van der Waals surface area contributed by atoms with Gasteiger partial charge in [0.1, 0.15) is 10.8 Å². The van der Waals surface area contributed by atoms with Crippen LogP contribution < -0.4 is 10.3 Å². The molecule has 1 amide bonds. The summed E-state index contributed by atoms with van der Waals surface area (Å²) in [5, 5.41) is 5.64. The zero-order valence-corrected chi connectivity index (χ0v) is 19.8. The van der Waals surface area contributed by atoms with E-state index in [-0.39, 0.29) is 18.1 Å². The maximum Gasteiger partial charge on any atom is 0.275 e. The minimum absolute atomic E-state index is 0.0259. The van der Waals surface area contributed by atoms with Gasteiger partial charge in [-0.05, 0) is 18.2 Å². The number of ether oxygens (including phenoxy) is 1. The molecule has 0 aliphatic carbocycles. The maximum atomic E-state index is 12.6. The van der Waals surface area contributed by atoms with Crippen LogP contribution in [0.15, 0.2) is 65.5 Å². The molecule has 0 saturated carbocycles. The number of nitrogens with zero attached hydrogens (tertiary/aromatic N) is 5. The molecule has 2 aromatic carbocycles. The summed E-state index contributed by atoms with van der Waals surface area (Å²) in [5.41, 5.74) is 1.24. The van der Waals surface area contributed by atoms with Crippen molar-refractivity contribution < 1.29 is 9.53 Å². The van der Waals surface area contributed by atoms with Crippen molar-refractivity contribution in [2.24, 2.45) is 0 Å². The van der Waals surface area contributed by atoms with Crippen molar-refractivity contribution in [3.05, 3.63) is 81.7 Å². The standard InChI is InChI=1S/C24H22ClN5O3S/c25-20-9-5-4-8-19(20)23-27-30-21(31)14-17(26-24(30)34-23)15-28-10-12-29(13-11-28)22(32)16-33-18-6-2-1-3-7-18/h1-9,14H,10-13,15-16H2. The fraction of sp³-hybridized carbons (Fsp3) is 0.250. The Hall–Kier alpha value is -3.27. The van der Waals surface area contributed by atoms with Crippen molar-refractivity contribution in [2.75, 3.05) is 32.8 Å². The van der Waals surface area contributed by atoms with Gasteiger partial charge in [-0.2, -0.15) is 9.61 Å². The number of amides is 1. The number of benzene rings is 2. The molecular weight excluding hydrogens is 474 g/mol. The maximum absolute atomic E-state index is 12.6. The molecule has 1 fully saturated rings. The van der Waals surface area contributed by atoms with E-state index >= 15 is 0 Å². The first-order valence-corrected chi connectivity index (χ1v) is 12.1. The first-order valence-electron chi connectivity index (χ1n) is 10.9. The lowest BCUT2D eigenvalue weighted by molar-refractivity contribution is -0.135. The Bertz CT molecular complexity index is 1370. The minimum atomic E-state index is -0.221. The number of carbonyl (C=O) groups is 1. The van der Waals surface area contributed by atoms with Crippen LogP contribution in [0.25, 0.3) is 15.5 Å². The van der Waals surface area contributed by atoms with E-state index in [2.05, 4.69) is 15.0 Å². The summed E-state index contributed by atoms with van der Waals surface area (Å²) in [6.07, 6.45) is 0. The van der Waals surface area contributed by atoms with Crippen molar-refractivity contribution in [1.82, 2.24) is 24.4 Å². The van der Waals surface area contributed by atoms with Gasteiger partial charge in [0.15, 0.2) is 6.61 Å². The third-order valence-electron chi connectivity index (χ3n) is 5.62. The molecule has 8 nitrogen and oxygen atoms in total. The van der Waals surface area contributed by atoms with Crippen LogP contribution in [0.1, 0.15) is 5.69 Å². The zero-order chi connectivity index (χ0) is 23.5. The lowest BCUT2D eigenvalue weighted by atomic mass is 10.2. The number of piperazine rings is 1. The molecule has 4 aromatic rings. The van der Waals surface area contributed by atoms with Crippen LogP contribution in [0.3, 0.4) is 0 Å². The minimum Gasteiger partial charge on any atom is -0.484 e. The number of para-hydroxylation sites is 1. The van der Waals surface area contributed by atoms with E-state index in [9.17, 15) is 9.59 Å². The highest BCUT2D eigenvalue weighted by Gasteiger charge is 2.22. The third kappa shape index (κ3) is 4.96. The van der Waals surface area contributed by atoms with Gasteiger partial charge in [0.25, 0.3) is 11.5 Å². The second kappa shape index (κ2) is 9.92. The average molecular weight is 496 g/mol. The van der Waals surface area contributed by atoms with E-state index in [0.29, 0.717) is 59.2 Å². The van der Waals surface area contributed by atoms with Crippen LogP contribution in [-0.2, 0) is 11.3 Å². The number of hydrogen-bond donors (Lipinski definition) is 0. The molecule has 1 aliphatic rings. The lowest BCUT2D eigenvalue weighted by Crippen LogP contribution is -2.49. The van der Waals surface area contributed by atoms with Gasteiger partial charge in [0.2, 0.25) is 4.96 Å². The van der Waals surface area contributed by atoms with Crippen LogP contribution in [0.2, 0.25) is 5.02 Å². The van der Waals surface area contributed by atoms with Crippen molar-refractivity contribution in [1.29, 1.82) is 0 Å². The predicted molar refractivity (Wildman–Crippen MR) is 131 cm³/mol. The SMILES string of the molecule is O=C(COc1ccccc1)N1CCN(Cc2cc(=O)n3nc(-c4ccccc4Cl)sc3n2)CC1. The largest absolute Gasteiger partial charge is 0.484 e. The summed E-state index contributed by atoms with van der Waals surface area (Å²) in [7, 11) is 0. The Morgan fingerprint density at radius 2 is 1.76 bits per heavy atom. The summed E-state index contributed by atoms with van der Waals surface area (Å²) in [5.74, 6) is 0.654. The summed E-state index contributed by atoms with van der Waals surface area (Å²) >= 11 is 7.62. The number of aromatic nitrogens is 3. The van der Waals surface area contributed by atoms with E-state index in [4.69, 9.17) is 16.3 Å². The van der Waals surface area contributed by atoms with Gasteiger partial charge in [0.05, 0.1) is 10.7 Å². The Morgan fingerprint density at radius 3 is 2.53 bits per heavy atom. The predicted octanol–water partition coefficient (Wildman–Crippen LogP) is 3.19. The summed E-state index contributed by atoms with van der Waals surface area (Å²) in [6, 6.07) is 18.2. The molecule has 0 bridgehead atoms. The second-order valence-electron chi connectivity index (χ2n) is 7.93. The van der Waals surface area contributed by atoms with Crippen LogP contribution >= 0.6 is 22.9 Å². The van der Waals surface area contributed by atoms with Gasteiger partial charge < -0.3 is 9.64 Å². The molecule has 2 aromatic heterocycles. The van der Waals surface area contributed by atoms with Crippen molar-refractivity contribution in [2.45, 2.75) is 6.54 Å². The highest BCUT2D eigenvalue weighted by atomic mass is 35.5. The zero-order valence-electron chi connectivity index (χ0n) is 18.3. The number of fused-ring (bicyclic) bond motifs is 1. The van der Waals surface area contributed by atoms with Gasteiger partial charge in [-0.25, -0.2) is 4.98 Å². The van der Waals surface area contributed by atoms with Gasteiger partial charge >= 0.3 is 0 Å². The molecule has 5 rings (SSSR count). The number of hydrogen-bond acceptors (Lipinski definition) is 7. The van der Waals surface area contributed by atoms with Crippen LogP contribution in [0, 0.1) is 0 Å². The summed E-state index contributed by atoms with van der Waals surface area (Å²) in [6.45, 7) is 3.17.